The first-order valence-electron chi connectivity index (χ1n) is 5.68. The van der Waals surface area contributed by atoms with Gasteiger partial charge in [0.15, 0.2) is 0 Å². The molecule has 14 heavy (non-hydrogen) atoms. The maximum absolute atomic E-state index is 9.46. The van der Waals surface area contributed by atoms with Crippen molar-refractivity contribution in [1.29, 1.82) is 0 Å². The maximum Gasteiger partial charge on any atom is 0.0801 e. The molecule has 84 valence electrons. The summed E-state index contributed by atoms with van der Waals surface area (Å²) < 4.78 is 10.6. The van der Waals surface area contributed by atoms with E-state index in [1.54, 1.807) is 0 Å². The number of ether oxygens (including phenoxy) is 2. The Balaban J connectivity index is 1.75. The Morgan fingerprint density at radius 3 is 2.57 bits per heavy atom. The van der Waals surface area contributed by atoms with Crippen LogP contribution in [0.5, 0.6) is 0 Å². The minimum absolute atomic E-state index is 0.245. The molecule has 0 aliphatic heterocycles. The molecule has 0 radical (unpaired) electrons. The van der Waals surface area contributed by atoms with Crippen LogP contribution in [0.4, 0.5) is 0 Å². The maximum atomic E-state index is 9.46. The zero-order chi connectivity index (χ0) is 10.2. The molecule has 1 rings (SSSR count). The molecular formula is C11H22O3. The lowest BCUT2D eigenvalue weighted by atomic mass is 10.2. The molecular weight excluding hydrogens is 180 g/mol. The van der Waals surface area contributed by atoms with Gasteiger partial charge in [-0.2, -0.15) is 0 Å². The largest absolute Gasteiger partial charge is 0.390 e. The van der Waals surface area contributed by atoms with Crippen LogP contribution in [0.1, 0.15) is 32.6 Å². The molecule has 0 heterocycles. The highest BCUT2D eigenvalue weighted by molar-refractivity contribution is 4.80. The monoisotopic (exact) mass is 202 g/mol. The van der Waals surface area contributed by atoms with Crippen molar-refractivity contribution in [1.82, 2.24) is 0 Å². The van der Waals surface area contributed by atoms with Gasteiger partial charge >= 0.3 is 0 Å². The number of aliphatic hydroxyl groups excluding tert-OH is 1. The van der Waals surface area contributed by atoms with Crippen molar-refractivity contribution in [2.75, 3.05) is 26.4 Å². The van der Waals surface area contributed by atoms with Gasteiger partial charge in [-0.3, -0.25) is 0 Å². The Kier molecular flexibility index (Phi) is 6.15. The molecule has 0 aromatic carbocycles. The summed E-state index contributed by atoms with van der Waals surface area (Å²) in [5, 5.41) is 9.46. The molecule has 1 saturated carbocycles. The summed E-state index contributed by atoms with van der Waals surface area (Å²) in [5.74, 6) is 0.510. The van der Waals surface area contributed by atoms with E-state index in [9.17, 15) is 5.11 Å². The van der Waals surface area contributed by atoms with Crippen molar-refractivity contribution in [3.05, 3.63) is 0 Å². The highest BCUT2D eigenvalue weighted by Crippen LogP contribution is 2.32. The fraction of sp³-hybridized carbons (Fsp3) is 1.00. The van der Waals surface area contributed by atoms with Crippen LogP contribution in [-0.2, 0) is 9.47 Å². The molecule has 1 aliphatic rings. The third-order valence-electron chi connectivity index (χ3n) is 2.47. The Morgan fingerprint density at radius 2 is 1.93 bits per heavy atom. The van der Waals surface area contributed by atoms with Gasteiger partial charge in [0.1, 0.15) is 0 Å². The van der Waals surface area contributed by atoms with Crippen molar-refractivity contribution in [3.63, 3.8) is 0 Å². The zero-order valence-corrected chi connectivity index (χ0v) is 9.08. The smallest absolute Gasteiger partial charge is 0.0801 e. The van der Waals surface area contributed by atoms with Crippen molar-refractivity contribution in [2.24, 2.45) is 5.92 Å². The number of unbranched alkanes of at least 4 members (excludes halogenated alkanes) is 1. The minimum atomic E-state index is -0.245. The quantitative estimate of drug-likeness (QED) is 0.577. The molecule has 1 atom stereocenters. The molecule has 0 aromatic heterocycles. The van der Waals surface area contributed by atoms with Gasteiger partial charge in [-0.05, 0) is 25.2 Å². The van der Waals surface area contributed by atoms with E-state index in [4.69, 9.17) is 9.47 Å². The molecule has 1 N–H and O–H groups in total. The minimum Gasteiger partial charge on any atom is -0.390 e. The summed E-state index contributed by atoms with van der Waals surface area (Å²) in [6.07, 6.45) is 4.37. The van der Waals surface area contributed by atoms with Crippen LogP contribution in [0.25, 0.3) is 0 Å². The van der Waals surface area contributed by atoms with Crippen molar-refractivity contribution in [2.45, 2.75) is 38.7 Å². The van der Waals surface area contributed by atoms with Crippen LogP contribution in [-0.4, -0.2) is 37.6 Å². The lowest BCUT2D eigenvalue weighted by Crippen LogP contribution is -2.19. The van der Waals surface area contributed by atoms with E-state index in [2.05, 4.69) is 6.92 Å². The fourth-order valence-electron chi connectivity index (χ4n) is 1.29. The van der Waals surface area contributed by atoms with Gasteiger partial charge in [0.25, 0.3) is 0 Å². The van der Waals surface area contributed by atoms with Gasteiger partial charge in [0.05, 0.1) is 25.9 Å². The van der Waals surface area contributed by atoms with Gasteiger partial charge in [-0.15, -0.1) is 0 Å². The molecule has 0 aromatic rings. The first kappa shape index (κ1) is 12.0. The Morgan fingerprint density at radius 1 is 1.21 bits per heavy atom. The molecule has 0 saturated heterocycles. The standard InChI is InChI=1S/C11H22O3/c1-2-3-6-13-7-8-14-9-11(12)10-4-5-10/h10-12H,2-9H2,1H3. The molecule has 1 unspecified atom stereocenters. The van der Waals surface area contributed by atoms with E-state index < -0.39 is 0 Å². The normalized spacial score (nSPS) is 18.4. The summed E-state index contributed by atoms with van der Waals surface area (Å²) in [6.45, 7) is 4.70. The van der Waals surface area contributed by atoms with E-state index in [0.29, 0.717) is 25.7 Å². The van der Waals surface area contributed by atoms with E-state index in [1.807, 2.05) is 0 Å². The van der Waals surface area contributed by atoms with E-state index in [0.717, 1.165) is 25.9 Å². The SMILES string of the molecule is CCCCOCCOCC(O)C1CC1. The second kappa shape index (κ2) is 7.21. The van der Waals surface area contributed by atoms with Crippen LogP contribution in [0.15, 0.2) is 0 Å². The second-order valence-electron chi connectivity index (χ2n) is 3.95. The number of hydrogen-bond donors (Lipinski definition) is 1. The van der Waals surface area contributed by atoms with Crippen LogP contribution >= 0.6 is 0 Å². The molecule has 1 fully saturated rings. The van der Waals surface area contributed by atoms with E-state index in [1.165, 1.54) is 6.42 Å². The highest BCUT2D eigenvalue weighted by Gasteiger charge is 2.29. The summed E-state index contributed by atoms with van der Waals surface area (Å²) >= 11 is 0. The Hall–Kier alpha value is -0.120. The average molecular weight is 202 g/mol. The topological polar surface area (TPSA) is 38.7 Å². The summed E-state index contributed by atoms with van der Waals surface area (Å²) in [7, 11) is 0. The molecule has 1 aliphatic carbocycles. The number of hydrogen-bond acceptors (Lipinski definition) is 3. The lowest BCUT2D eigenvalue weighted by molar-refractivity contribution is -0.00340. The van der Waals surface area contributed by atoms with Crippen molar-refractivity contribution >= 4 is 0 Å². The molecule has 0 spiro atoms. The summed E-state index contributed by atoms with van der Waals surface area (Å²) in [5.41, 5.74) is 0. The van der Waals surface area contributed by atoms with Crippen LogP contribution in [0.2, 0.25) is 0 Å². The summed E-state index contributed by atoms with van der Waals surface area (Å²) in [4.78, 5) is 0. The third kappa shape index (κ3) is 5.58. The van der Waals surface area contributed by atoms with E-state index >= 15 is 0 Å². The first-order valence-corrected chi connectivity index (χ1v) is 5.68. The summed E-state index contributed by atoms with van der Waals surface area (Å²) in [6, 6.07) is 0. The van der Waals surface area contributed by atoms with Crippen LogP contribution in [0, 0.1) is 5.92 Å². The van der Waals surface area contributed by atoms with Crippen molar-refractivity contribution < 1.29 is 14.6 Å². The van der Waals surface area contributed by atoms with Crippen molar-refractivity contribution in [3.8, 4) is 0 Å². The Labute approximate surface area is 86.4 Å². The number of rotatable bonds is 9. The third-order valence-corrected chi connectivity index (χ3v) is 2.47. The lowest BCUT2D eigenvalue weighted by Gasteiger charge is -2.09. The predicted octanol–water partition coefficient (Wildman–Crippen LogP) is 1.59. The fourth-order valence-corrected chi connectivity index (χ4v) is 1.29. The van der Waals surface area contributed by atoms with E-state index in [-0.39, 0.29) is 6.10 Å². The Bertz CT molecular complexity index is 134. The molecule has 3 nitrogen and oxygen atoms in total. The number of aliphatic hydroxyl groups is 1. The molecule has 0 amide bonds. The average Bonchev–Trinajstić information content (AvgIpc) is 2.99. The van der Waals surface area contributed by atoms with Gasteiger partial charge in [-0.25, -0.2) is 0 Å². The second-order valence-corrected chi connectivity index (χ2v) is 3.95. The van der Waals surface area contributed by atoms with Gasteiger partial charge in [0.2, 0.25) is 0 Å². The van der Waals surface area contributed by atoms with Crippen LogP contribution < -0.4 is 0 Å². The highest BCUT2D eigenvalue weighted by atomic mass is 16.5. The molecule has 3 heteroatoms. The molecule has 0 bridgehead atoms. The zero-order valence-electron chi connectivity index (χ0n) is 9.08. The predicted molar refractivity (Wildman–Crippen MR) is 55.3 cm³/mol. The van der Waals surface area contributed by atoms with Gasteiger partial charge in [-0.1, -0.05) is 13.3 Å². The first-order chi connectivity index (χ1) is 6.84. The van der Waals surface area contributed by atoms with Crippen LogP contribution in [0.3, 0.4) is 0 Å². The van der Waals surface area contributed by atoms with Gasteiger partial charge < -0.3 is 14.6 Å². The van der Waals surface area contributed by atoms with Gasteiger partial charge in [0, 0.05) is 6.61 Å².